The van der Waals surface area contributed by atoms with Gasteiger partial charge in [-0.3, -0.25) is 10.1 Å². The number of hydrogen-bond donors (Lipinski definition) is 0. The van der Waals surface area contributed by atoms with E-state index in [-0.39, 0.29) is 5.69 Å². The molecule has 25 heavy (non-hydrogen) atoms. The first-order valence-corrected chi connectivity index (χ1v) is 8.14. The summed E-state index contributed by atoms with van der Waals surface area (Å²) in [5.74, 6) is 0.668. The maximum absolute atomic E-state index is 11.2. The van der Waals surface area contributed by atoms with Gasteiger partial charge in [-0.1, -0.05) is 29.8 Å². The Labute approximate surface area is 148 Å². The summed E-state index contributed by atoms with van der Waals surface area (Å²) in [7, 11) is 1.80. The monoisotopic (exact) mass is 351 g/mol. The number of aryl methyl sites for hydroxylation is 1. The minimum Gasteiger partial charge on any atom is -0.305 e. The number of benzene rings is 2. The fourth-order valence-corrected chi connectivity index (χ4v) is 3.21. The highest BCUT2D eigenvalue weighted by molar-refractivity contribution is 7.99. The fourth-order valence-electron chi connectivity index (χ4n) is 2.27. The quantitative estimate of drug-likeness (QED) is 0.525. The molecule has 0 aliphatic heterocycles. The van der Waals surface area contributed by atoms with Crippen LogP contribution < -0.4 is 0 Å². The molecule has 0 unspecified atom stereocenters. The lowest BCUT2D eigenvalue weighted by Crippen LogP contribution is -1.96. The van der Waals surface area contributed by atoms with E-state index in [1.54, 1.807) is 11.6 Å². The van der Waals surface area contributed by atoms with E-state index in [0.717, 1.165) is 22.9 Å². The molecule has 0 saturated carbocycles. The molecule has 7 nitrogen and oxygen atoms in total. The van der Waals surface area contributed by atoms with Gasteiger partial charge < -0.3 is 4.57 Å². The number of rotatable bonds is 4. The summed E-state index contributed by atoms with van der Waals surface area (Å²) in [6.07, 6.45) is 0. The van der Waals surface area contributed by atoms with Gasteiger partial charge in [-0.2, -0.15) is 5.26 Å². The van der Waals surface area contributed by atoms with E-state index in [9.17, 15) is 10.1 Å². The second-order valence-electron chi connectivity index (χ2n) is 5.38. The number of nitro benzene ring substituents is 1. The molecule has 0 amide bonds. The van der Waals surface area contributed by atoms with E-state index in [2.05, 4.69) is 10.2 Å². The Morgan fingerprint density at radius 1 is 1.20 bits per heavy atom. The summed E-state index contributed by atoms with van der Waals surface area (Å²) in [4.78, 5) is 11.1. The molecule has 1 aromatic heterocycles. The molecule has 0 fully saturated rings. The Hall–Kier alpha value is -3.18. The van der Waals surface area contributed by atoms with E-state index < -0.39 is 4.92 Å². The minimum absolute atomic E-state index is 0.0658. The van der Waals surface area contributed by atoms with Crippen molar-refractivity contribution in [2.24, 2.45) is 7.05 Å². The summed E-state index contributed by atoms with van der Waals surface area (Å²) in [6.45, 7) is 2.00. The van der Waals surface area contributed by atoms with Gasteiger partial charge in [0.15, 0.2) is 11.0 Å². The zero-order valence-electron chi connectivity index (χ0n) is 13.5. The van der Waals surface area contributed by atoms with Crippen LogP contribution in [0.5, 0.6) is 0 Å². The van der Waals surface area contributed by atoms with Gasteiger partial charge >= 0.3 is 0 Å². The van der Waals surface area contributed by atoms with Crippen LogP contribution in [0.15, 0.2) is 52.5 Å². The SMILES string of the molecule is Cc1ccc(-c2nnc(Sc3cc(C#N)ccc3[N+](=O)[O-])n2C)cc1. The molecular formula is C17H13N5O2S. The van der Waals surface area contributed by atoms with Crippen LogP contribution in [0.3, 0.4) is 0 Å². The number of hydrogen-bond acceptors (Lipinski definition) is 6. The molecular weight excluding hydrogens is 338 g/mol. The van der Waals surface area contributed by atoms with Gasteiger partial charge in [-0.05, 0) is 30.8 Å². The third-order valence-corrected chi connectivity index (χ3v) is 4.72. The highest BCUT2D eigenvalue weighted by Gasteiger charge is 2.19. The summed E-state index contributed by atoms with van der Waals surface area (Å²) in [6, 6.07) is 14.1. The molecule has 1 heterocycles. The molecule has 0 atom stereocenters. The maximum atomic E-state index is 11.2. The normalized spacial score (nSPS) is 10.4. The first-order chi connectivity index (χ1) is 12.0. The molecule has 3 aromatic rings. The topological polar surface area (TPSA) is 97.6 Å². The summed E-state index contributed by atoms with van der Waals surface area (Å²) in [5.41, 5.74) is 2.34. The molecule has 2 aromatic carbocycles. The highest BCUT2D eigenvalue weighted by Crippen LogP contribution is 2.35. The number of nitrogens with zero attached hydrogens (tertiary/aromatic N) is 5. The van der Waals surface area contributed by atoms with Crippen molar-refractivity contribution in [3.8, 4) is 17.5 Å². The standard InChI is InChI=1S/C17H13N5O2S/c1-11-3-6-13(7-4-11)16-19-20-17(21(16)2)25-15-9-12(10-18)5-8-14(15)22(23)24/h3-9H,1-2H3. The van der Waals surface area contributed by atoms with Gasteiger partial charge in [0.1, 0.15) is 0 Å². The van der Waals surface area contributed by atoms with Crippen LogP contribution in [0.25, 0.3) is 11.4 Å². The van der Waals surface area contributed by atoms with Crippen LogP contribution in [-0.4, -0.2) is 19.7 Å². The van der Waals surface area contributed by atoms with Gasteiger partial charge in [-0.15, -0.1) is 10.2 Å². The Balaban J connectivity index is 1.99. The predicted octanol–water partition coefficient (Wildman–Crippen LogP) is 3.72. The summed E-state index contributed by atoms with van der Waals surface area (Å²) < 4.78 is 1.78. The van der Waals surface area contributed by atoms with Crippen LogP contribution in [0, 0.1) is 28.4 Å². The largest absolute Gasteiger partial charge is 0.305 e. The first-order valence-electron chi connectivity index (χ1n) is 7.32. The van der Waals surface area contributed by atoms with Crippen LogP contribution in [0.1, 0.15) is 11.1 Å². The smallest absolute Gasteiger partial charge is 0.283 e. The number of aromatic nitrogens is 3. The van der Waals surface area contributed by atoms with E-state index in [1.165, 1.54) is 18.2 Å². The lowest BCUT2D eigenvalue weighted by molar-refractivity contribution is -0.387. The molecule has 0 bridgehead atoms. The van der Waals surface area contributed by atoms with Crippen molar-refractivity contribution in [2.45, 2.75) is 17.0 Å². The van der Waals surface area contributed by atoms with E-state index in [4.69, 9.17) is 5.26 Å². The van der Waals surface area contributed by atoms with Crippen LogP contribution in [-0.2, 0) is 7.05 Å². The van der Waals surface area contributed by atoms with Gasteiger partial charge in [0.2, 0.25) is 0 Å². The molecule has 124 valence electrons. The van der Waals surface area contributed by atoms with E-state index in [1.807, 2.05) is 37.3 Å². The van der Waals surface area contributed by atoms with E-state index in [0.29, 0.717) is 21.4 Å². The molecule has 0 aliphatic rings. The van der Waals surface area contributed by atoms with Crippen molar-refractivity contribution in [2.75, 3.05) is 0 Å². The van der Waals surface area contributed by atoms with Crippen molar-refractivity contribution >= 4 is 17.4 Å². The second-order valence-corrected chi connectivity index (χ2v) is 6.39. The van der Waals surface area contributed by atoms with Gasteiger partial charge in [0, 0.05) is 18.7 Å². The fraction of sp³-hybridized carbons (Fsp3) is 0.118. The molecule has 0 saturated heterocycles. The maximum Gasteiger partial charge on any atom is 0.283 e. The number of nitro groups is 1. The second kappa shape index (κ2) is 6.75. The Kier molecular flexibility index (Phi) is 4.50. The Morgan fingerprint density at radius 2 is 1.92 bits per heavy atom. The highest BCUT2D eigenvalue weighted by atomic mass is 32.2. The van der Waals surface area contributed by atoms with Crippen molar-refractivity contribution < 1.29 is 4.92 Å². The van der Waals surface area contributed by atoms with Crippen molar-refractivity contribution in [3.05, 3.63) is 63.7 Å². The molecule has 0 spiro atoms. The third kappa shape index (κ3) is 3.36. The van der Waals surface area contributed by atoms with Gasteiger partial charge in [0.25, 0.3) is 5.69 Å². The predicted molar refractivity (Wildman–Crippen MR) is 93.1 cm³/mol. The molecule has 0 N–H and O–H groups in total. The summed E-state index contributed by atoms with van der Waals surface area (Å²) in [5, 5.41) is 29.1. The zero-order chi connectivity index (χ0) is 18.0. The third-order valence-electron chi connectivity index (χ3n) is 3.63. The lowest BCUT2D eigenvalue weighted by Gasteiger charge is -2.05. The van der Waals surface area contributed by atoms with Crippen LogP contribution >= 0.6 is 11.8 Å². The average Bonchev–Trinajstić information content (AvgIpc) is 2.96. The van der Waals surface area contributed by atoms with Crippen molar-refractivity contribution in [1.82, 2.24) is 14.8 Å². The summed E-state index contributed by atoms with van der Waals surface area (Å²) >= 11 is 1.11. The van der Waals surface area contributed by atoms with Crippen molar-refractivity contribution in [1.29, 1.82) is 5.26 Å². The van der Waals surface area contributed by atoms with E-state index >= 15 is 0 Å². The molecule has 8 heteroatoms. The zero-order valence-corrected chi connectivity index (χ0v) is 14.3. The Morgan fingerprint density at radius 3 is 2.56 bits per heavy atom. The van der Waals surface area contributed by atoms with Crippen molar-refractivity contribution in [3.63, 3.8) is 0 Å². The van der Waals surface area contributed by atoms with Crippen LogP contribution in [0.4, 0.5) is 5.69 Å². The van der Waals surface area contributed by atoms with Gasteiger partial charge in [-0.25, -0.2) is 0 Å². The molecule has 0 radical (unpaired) electrons. The van der Waals surface area contributed by atoms with Crippen LogP contribution in [0.2, 0.25) is 0 Å². The average molecular weight is 351 g/mol. The molecule has 3 rings (SSSR count). The minimum atomic E-state index is -0.471. The lowest BCUT2D eigenvalue weighted by atomic mass is 10.1. The molecule has 0 aliphatic carbocycles. The Bertz CT molecular complexity index is 989. The van der Waals surface area contributed by atoms with Gasteiger partial charge in [0.05, 0.1) is 21.5 Å². The number of nitriles is 1. The first kappa shape index (κ1) is 16.7.